The summed E-state index contributed by atoms with van der Waals surface area (Å²) in [6.45, 7) is 17.2. The first-order chi connectivity index (χ1) is 12.5. The summed E-state index contributed by atoms with van der Waals surface area (Å²) in [5.41, 5.74) is 0. The summed E-state index contributed by atoms with van der Waals surface area (Å²) in [6.07, 6.45) is 0.233. The molecule has 2 rings (SSSR count). The predicted molar refractivity (Wildman–Crippen MR) is 109 cm³/mol. The van der Waals surface area contributed by atoms with Gasteiger partial charge in [0, 0.05) is 72.0 Å². The van der Waals surface area contributed by atoms with Crippen molar-refractivity contribution in [3.8, 4) is 0 Å². The third-order valence-corrected chi connectivity index (χ3v) is 5.29. The van der Waals surface area contributed by atoms with Crippen LogP contribution in [0.3, 0.4) is 0 Å². The third-order valence-electron chi connectivity index (χ3n) is 5.29. The molecule has 0 aromatic rings. The molecule has 2 fully saturated rings. The fourth-order valence-electron chi connectivity index (χ4n) is 3.65. The predicted octanol–water partition coefficient (Wildman–Crippen LogP) is 0.144. The van der Waals surface area contributed by atoms with E-state index in [1.807, 2.05) is 7.05 Å². The van der Waals surface area contributed by atoms with Crippen LogP contribution in [0.4, 0.5) is 0 Å². The number of rotatable bonds is 7. The van der Waals surface area contributed by atoms with E-state index in [4.69, 9.17) is 4.74 Å². The maximum absolute atomic E-state index is 5.92. The molecule has 7 heteroatoms. The van der Waals surface area contributed by atoms with Gasteiger partial charge in [0.05, 0.1) is 12.7 Å². The highest BCUT2D eigenvalue weighted by molar-refractivity contribution is 5.79. The number of hydrogen-bond donors (Lipinski definition) is 2. The van der Waals surface area contributed by atoms with Crippen LogP contribution in [0.15, 0.2) is 4.99 Å². The van der Waals surface area contributed by atoms with Gasteiger partial charge in [-0.25, -0.2) is 0 Å². The second-order valence-corrected chi connectivity index (χ2v) is 8.17. The minimum atomic E-state index is 0.233. The van der Waals surface area contributed by atoms with Crippen LogP contribution in [0.25, 0.3) is 0 Å². The summed E-state index contributed by atoms with van der Waals surface area (Å²) >= 11 is 0. The van der Waals surface area contributed by atoms with E-state index in [2.05, 4.69) is 58.1 Å². The Hall–Kier alpha value is -0.890. The van der Waals surface area contributed by atoms with Crippen LogP contribution in [-0.2, 0) is 4.74 Å². The zero-order valence-corrected chi connectivity index (χ0v) is 17.5. The molecule has 2 aliphatic rings. The molecule has 2 aliphatic heterocycles. The molecule has 0 spiro atoms. The van der Waals surface area contributed by atoms with Gasteiger partial charge in [-0.2, -0.15) is 0 Å². The Kier molecular flexibility index (Phi) is 9.11. The Morgan fingerprint density at radius 1 is 1.12 bits per heavy atom. The molecule has 2 unspecified atom stereocenters. The van der Waals surface area contributed by atoms with Crippen LogP contribution >= 0.6 is 0 Å². The van der Waals surface area contributed by atoms with Crippen molar-refractivity contribution in [2.24, 2.45) is 10.9 Å². The van der Waals surface area contributed by atoms with E-state index in [0.717, 1.165) is 71.5 Å². The highest BCUT2D eigenvalue weighted by Crippen LogP contribution is 2.07. The minimum Gasteiger partial charge on any atom is -0.374 e. The number of guanidine groups is 1. The number of nitrogens with zero attached hydrogens (tertiary/aromatic N) is 4. The molecular formula is C19H40N6O. The Morgan fingerprint density at radius 3 is 2.50 bits per heavy atom. The molecule has 26 heavy (non-hydrogen) atoms. The minimum absolute atomic E-state index is 0.233. The Bertz CT molecular complexity index is 422. The van der Waals surface area contributed by atoms with Crippen molar-refractivity contribution in [1.29, 1.82) is 0 Å². The monoisotopic (exact) mass is 368 g/mol. The molecule has 0 aromatic heterocycles. The standard InChI is InChI=1S/C19H40N6O/c1-16(2)14-24-10-11-26-18(15-24)13-22-19(20-4)21-12-17(3)25-8-6-23(5)7-9-25/h16-18H,6-15H2,1-5H3,(H2,20,21,22). The maximum atomic E-state index is 5.92. The van der Waals surface area contributed by atoms with Gasteiger partial charge in [0.15, 0.2) is 5.96 Å². The molecule has 2 heterocycles. The molecule has 0 bridgehead atoms. The Balaban J connectivity index is 1.67. The second-order valence-electron chi connectivity index (χ2n) is 8.17. The van der Waals surface area contributed by atoms with Gasteiger partial charge in [-0.1, -0.05) is 13.8 Å². The maximum Gasteiger partial charge on any atom is 0.191 e. The first-order valence-electron chi connectivity index (χ1n) is 10.2. The molecule has 0 saturated carbocycles. The van der Waals surface area contributed by atoms with E-state index >= 15 is 0 Å². The first kappa shape index (κ1) is 21.4. The second kappa shape index (κ2) is 11.1. The lowest BCUT2D eigenvalue weighted by molar-refractivity contribution is -0.0284. The van der Waals surface area contributed by atoms with Gasteiger partial charge in [0.1, 0.15) is 0 Å². The van der Waals surface area contributed by atoms with E-state index in [1.54, 1.807) is 0 Å². The summed E-state index contributed by atoms with van der Waals surface area (Å²) in [5.74, 6) is 1.57. The lowest BCUT2D eigenvalue weighted by atomic mass is 10.2. The van der Waals surface area contributed by atoms with Gasteiger partial charge in [-0.3, -0.25) is 14.8 Å². The summed E-state index contributed by atoms with van der Waals surface area (Å²) in [7, 11) is 4.03. The van der Waals surface area contributed by atoms with Crippen molar-refractivity contribution in [2.45, 2.75) is 32.9 Å². The van der Waals surface area contributed by atoms with Crippen molar-refractivity contribution in [3.63, 3.8) is 0 Å². The van der Waals surface area contributed by atoms with Gasteiger partial charge >= 0.3 is 0 Å². The van der Waals surface area contributed by atoms with E-state index in [1.165, 1.54) is 0 Å². The van der Waals surface area contributed by atoms with E-state index in [0.29, 0.717) is 12.0 Å². The average Bonchev–Trinajstić information content (AvgIpc) is 2.62. The fraction of sp³-hybridized carbons (Fsp3) is 0.947. The molecule has 2 atom stereocenters. The number of ether oxygens (including phenoxy) is 1. The zero-order valence-electron chi connectivity index (χ0n) is 17.5. The van der Waals surface area contributed by atoms with E-state index < -0.39 is 0 Å². The van der Waals surface area contributed by atoms with Crippen LogP contribution in [0.2, 0.25) is 0 Å². The first-order valence-corrected chi connectivity index (χ1v) is 10.2. The van der Waals surface area contributed by atoms with Gasteiger partial charge in [0.2, 0.25) is 0 Å². The number of piperazine rings is 1. The van der Waals surface area contributed by atoms with Crippen LogP contribution in [0, 0.1) is 5.92 Å². The molecule has 0 aromatic carbocycles. The topological polar surface area (TPSA) is 55.4 Å². The quantitative estimate of drug-likeness (QED) is 0.493. The molecule has 152 valence electrons. The number of aliphatic imine (C=N–C) groups is 1. The van der Waals surface area contributed by atoms with Gasteiger partial charge in [0.25, 0.3) is 0 Å². The van der Waals surface area contributed by atoms with Crippen molar-refractivity contribution >= 4 is 5.96 Å². The molecule has 7 nitrogen and oxygen atoms in total. The Labute approximate surface area is 160 Å². The molecule has 0 radical (unpaired) electrons. The summed E-state index contributed by atoms with van der Waals surface area (Å²) < 4.78 is 5.92. The zero-order chi connectivity index (χ0) is 18.9. The van der Waals surface area contributed by atoms with Crippen LogP contribution in [0.1, 0.15) is 20.8 Å². The van der Waals surface area contributed by atoms with Gasteiger partial charge in [-0.15, -0.1) is 0 Å². The van der Waals surface area contributed by atoms with Crippen molar-refractivity contribution in [3.05, 3.63) is 0 Å². The van der Waals surface area contributed by atoms with Crippen LogP contribution in [-0.4, -0.2) is 112 Å². The normalized spacial score (nSPS) is 25.5. The smallest absolute Gasteiger partial charge is 0.191 e. The van der Waals surface area contributed by atoms with Crippen LogP contribution < -0.4 is 10.6 Å². The molecule has 0 amide bonds. The highest BCUT2D eigenvalue weighted by Gasteiger charge is 2.22. The molecule has 2 N–H and O–H groups in total. The average molecular weight is 369 g/mol. The Morgan fingerprint density at radius 2 is 1.85 bits per heavy atom. The summed E-state index contributed by atoms with van der Waals surface area (Å²) in [5, 5.41) is 6.91. The highest BCUT2D eigenvalue weighted by atomic mass is 16.5. The van der Waals surface area contributed by atoms with Gasteiger partial charge in [-0.05, 0) is 19.9 Å². The molecule has 0 aliphatic carbocycles. The van der Waals surface area contributed by atoms with Crippen molar-refractivity contribution in [2.75, 3.05) is 79.6 Å². The largest absolute Gasteiger partial charge is 0.374 e. The summed E-state index contributed by atoms with van der Waals surface area (Å²) in [6, 6.07) is 0.509. The van der Waals surface area contributed by atoms with Crippen molar-refractivity contribution < 1.29 is 4.74 Å². The fourth-order valence-corrected chi connectivity index (χ4v) is 3.65. The number of morpholine rings is 1. The molecular weight excluding hydrogens is 328 g/mol. The lowest BCUT2D eigenvalue weighted by Crippen LogP contribution is -2.53. The third kappa shape index (κ3) is 7.39. The van der Waals surface area contributed by atoms with Gasteiger partial charge < -0.3 is 20.3 Å². The van der Waals surface area contributed by atoms with Crippen molar-refractivity contribution in [1.82, 2.24) is 25.3 Å². The lowest BCUT2D eigenvalue weighted by Gasteiger charge is -2.36. The number of hydrogen-bond acceptors (Lipinski definition) is 5. The van der Waals surface area contributed by atoms with E-state index in [-0.39, 0.29) is 6.10 Å². The summed E-state index contributed by atoms with van der Waals surface area (Å²) in [4.78, 5) is 11.8. The van der Waals surface area contributed by atoms with E-state index in [9.17, 15) is 0 Å². The number of nitrogens with one attached hydrogen (secondary N) is 2. The number of likely N-dealkylation sites (N-methyl/N-ethyl adjacent to an activating group) is 1. The SMILES string of the molecule is CN=C(NCC1CN(CC(C)C)CCO1)NCC(C)N1CCN(C)CC1. The van der Waals surface area contributed by atoms with Crippen LogP contribution in [0.5, 0.6) is 0 Å². The molecule has 2 saturated heterocycles.